The number of anilines is 1. The number of hydrogen-bond donors (Lipinski definition) is 1. The first-order valence-electron chi connectivity index (χ1n) is 10.9. The van der Waals surface area contributed by atoms with Crippen LogP contribution in [-0.2, 0) is 26.2 Å². The fraction of sp³-hybridized carbons (Fsp3) is 0.417. The Labute approximate surface area is 205 Å². The van der Waals surface area contributed by atoms with E-state index in [1.807, 2.05) is 45.0 Å². The van der Waals surface area contributed by atoms with Crippen LogP contribution >= 0.6 is 15.9 Å². The van der Waals surface area contributed by atoms with Crippen molar-refractivity contribution in [2.45, 2.75) is 46.2 Å². The second-order valence-corrected chi connectivity index (χ2v) is 10.7. The second kappa shape index (κ2) is 12.2. The van der Waals surface area contributed by atoms with E-state index in [-0.39, 0.29) is 12.5 Å². The predicted octanol–water partition coefficient (Wildman–Crippen LogP) is 3.86. The Bertz CT molecular complexity index is 1070. The number of carbonyl (C=O) groups is 2. The Morgan fingerprint density at radius 3 is 2.36 bits per heavy atom. The third kappa shape index (κ3) is 7.57. The molecular weight excluding hydrogens is 506 g/mol. The summed E-state index contributed by atoms with van der Waals surface area (Å²) in [5.74, 6) is -0.691. The lowest BCUT2D eigenvalue weighted by molar-refractivity contribution is -0.140. The molecule has 0 bridgehead atoms. The van der Waals surface area contributed by atoms with Crippen LogP contribution in [0.1, 0.15) is 37.8 Å². The van der Waals surface area contributed by atoms with Crippen LogP contribution in [0.5, 0.6) is 0 Å². The average Bonchev–Trinajstić information content (AvgIpc) is 2.75. The summed E-state index contributed by atoms with van der Waals surface area (Å²) >= 11 is 3.38. The fourth-order valence-corrected chi connectivity index (χ4v) is 5.02. The Balaban J connectivity index is 2.44. The predicted molar refractivity (Wildman–Crippen MR) is 135 cm³/mol. The summed E-state index contributed by atoms with van der Waals surface area (Å²) in [7, 11) is -3.76. The largest absolute Gasteiger partial charge is 0.354 e. The minimum atomic E-state index is -3.76. The summed E-state index contributed by atoms with van der Waals surface area (Å²) in [4.78, 5) is 28.0. The highest BCUT2D eigenvalue weighted by Crippen LogP contribution is 2.28. The van der Waals surface area contributed by atoms with Crippen LogP contribution in [0.2, 0.25) is 0 Å². The number of aryl methyl sites for hydroxylation is 1. The lowest BCUT2D eigenvalue weighted by Gasteiger charge is -2.33. The number of nitrogens with zero attached hydrogens (tertiary/aromatic N) is 2. The number of para-hydroxylation sites is 1. The number of halogens is 1. The van der Waals surface area contributed by atoms with Gasteiger partial charge in [-0.2, -0.15) is 0 Å². The summed E-state index contributed by atoms with van der Waals surface area (Å²) in [5, 5.41) is 2.87. The topological polar surface area (TPSA) is 86.8 Å². The summed E-state index contributed by atoms with van der Waals surface area (Å²) < 4.78 is 26.9. The number of rotatable bonds is 11. The Morgan fingerprint density at radius 2 is 1.79 bits per heavy atom. The molecule has 0 aliphatic rings. The molecule has 0 aliphatic heterocycles. The van der Waals surface area contributed by atoms with Crippen molar-refractivity contribution in [2.24, 2.45) is 0 Å². The van der Waals surface area contributed by atoms with Gasteiger partial charge in [-0.15, -0.1) is 0 Å². The molecule has 1 N–H and O–H groups in total. The van der Waals surface area contributed by atoms with Crippen LogP contribution in [0.4, 0.5) is 5.69 Å². The van der Waals surface area contributed by atoms with E-state index in [0.29, 0.717) is 23.1 Å². The van der Waals surface area contributed by atoms with E-state index in [9.17, 15) is 18.0 Å². The summed E-state index contributed by atoms with van der Waals surface area (Å²) in [6, 6.07) is 13.8. The molecule has 1 atom stereocenters. The summed E-state index contributed by atoms with van der Waals surface area (Å²) in [5.41, 5.74) is 2.28. The molecule has 0 radical (unpaired) electrons. The first-order chi connectivity index (χ1) is 15.6. The van der Waals surface area contributed by atoms with Gasteiger partial charge in [0.2, 0.25) is 21.8 Å². The molecule has 2 amide bonds. The minimum absolute atomic E-state index is 0.201. The second-order valence-electron chi connectivity index (χ2n) is 7.95. The van der Waals surface area contributed by atoms with Gasteiger partial charge in [-0.3, -0.25) is 13.9 Å². The molecule has 0 heterocycles. The fourth-order valence-electron chi connectivity index (χ4n) is 3.54. The van der Waals surface area contributed by atoms with Crippen molar-refractivity contribution in [1.82, 2.24) is 10.2 Å². The van der Waals surface area contributed by atoms with Gasteiger partial charge in [0.1, 0.15) is 12.6 Å². The molecule has 2 aromatic rings. The van der Waals surface area contributed by atoms with E-state index in [4.69, 9.17) is 0 Å². The third-order valence-electron chi connectivity index (χ3n) is 5.17. The molecule has 180 valence electrons. The van der Waals surface area contributed by atoms with Gasteiger partial charge in [-0.1, -0.05) is 55.8 Å². The van der Waals surface area contributed by atoms with E-state index in [1.165, 1.54) is 4.90 Å². The Morgan fingerprint density at radius 1 is 1.09 bits per heavy atom. The molecule has 0 saturated carbocycles. The van der Waals surface area contributed by atoms with Gasteiger partial charge in [0.25, 0.3) is 0 Å². The highest BCUT2D eigenvalue weighted by atomic mass is 79.9. The molecule has 0 aromatic heterocycles. The quantitative estimate of drug-likeness (QED) is 0.471. The first kappa shape index (κ1) is 26.9. The number of benzene rings is 2. The van der Waals surface area contributed by atoms with Crippen LogP contribution in [0.15, 0.2) is 53.0 Å². The number of amides is 2. The van der Waals surface area contributed by atoms with E-state index < -0.39 is 28.5 Å². The molecule has 2 rings (SSSR count). The zero-order valence-electron chi connectivity index (χ0n) is 19.5. The number of nitrogens with one attached hydrogen (secondary N) is 1. The van der Waals surface area contributed by atoms with E-state index >= 15 is 0 Å². The maximum absolute atomic E-state index is 13.6. The van der Waals surface area contributed by atoms with Crippen LogP contribution in [0.3, 0.4) is 0 Å². The molecule has 0 saturated heterocycles. The van der Waals surface area contributed by atoms with Crippen molar-refractivity contribution in [1.29, 1.82) is 0 Å². The standard InChI is InChI=1S/C24H32BrN3O4S/c1-5-14-26-24(30)21(6-2)27(16-19-11-9-10-18(3)15-19)23(29)17-28(33(4,31)32)22-13-8-7-12-20(22)25/h7-13,15,21H,5-6,14,16-17H2,1-4H3,(H,26,30)/t21-/m1/s1. The van der Waals surface area contributed by atoms with E-state index in [1.54, 1.807) is 24.3 Å². The SMILES string of the molecule is CCCNC(=O)[C@@H](CC)N(Cc1cccc(C)c1)C(=O)CN(c1ccccc1Br)S(C)(=O)=O. The normalized spacial score (nSPS) is 12.2. The van der Waals surface area contributed by atoms with Crippen molar-refractivity contribution < 1.29 is 18.0 Å². The van der Waals surface area contributed by atoms with Crippen molar-refractivity contribution in [3.8, 4) is 0 Å². The van der Waals surface area contributed by atoms with Crippen LogP contribution in [0, 0.1) is 6.92 Å². The maximum Gasteiger partial charge on any atom is 0.244 e. The molecule has 2 aromatic carbocycles. The number of hydrogen-bond acceptors (Lipinski definition) is 4. The number of carbonyl (C=O) groups excluding carboxylic acids is 2. The maximum atomic E-state index is 13.6. The van der Waals surface area contributed by atoms with Gasteiger partial charge in [0.05, 0.1) is 11.9 Å². The van der Waals surface area contributed by atoms with Gasteiger partial charge in [-0.25, -0.2) is 8.42 Å². The van der Waals surface area contributed by atoms with E-state index in [2.05, 4.69) is 21.2 Å². The zero-order valence-corrected chi connectivity index (χ0v) is 21.9. The first-order valence-corrected chi connectivity index (χ1v) is 13.6. The van der Waals surface area contributed by atoms with Crippen molar-refractivity contribution >= 4 is 43.5 Å². The molecule has 0 unspecified atom stereocenters. The van der Waals surface area contributed by atoms with Gasteiger partial charge in [0.15, 0.2) is 0 Å². The monoisotopic (exact) mass is 537 g/mol. The van der Waals surface area contributed by atoms with Gasteiger partial charge < -0.3 is 10.2 Å². The van der Waals surface area contributed by atoms with Gasteiger partial charge in [0, 0.05) is 17.6 Å². The van der Waals surface area contributed by atoms with Crippen molar-refractivity contribution in [2.75, 3.05) is 23.7 Å². The third-order valence-corrected chi connectivity index (χ3v) is 6.97. The molecule has 7 nitrogen and oxygen atoms in total. The highest BCUT2D eigenvalue weighted by Gasteiger charge is 2.32. The van der Waals surface area contributed by atoms with E-state index in [0.717, 1.165) is 28.1 Å². The Hall–Kier alpha value is -2.39. The lowest BCUT2D eigenvalue weighted by atomic mass is 10.1. The summed E-state index contributed by atoms with van der Waals surface area (Å²) in [6.45, 7) is 6.05. The molecule has 33 heavy (non-hydrogen) atoms. The molecule has 0 spiro atoms. The van der Waals surface area contributed by atoms with Crippen LogP contribution < -0.4 is 9.62 Å². The molecular formula is C24H32BrN3O4S. The minimum Gasteiger partial charge on any atom is -0.354 e. The zero-order chi connectivity index (χ0) is 24.6. The Kier molecular flexibility index (Phi) is 9.91. The lowest BCUT2D eigenvalue weighted by Crippen LogP contribution is -2.52. The van der Waals surface area contributed by atoms with Crippen LogP contribution in [-0.4, -0.2) is 50.5 Å². The van der Waals surface area contributed by atoms with Crippen LogP contribution in [0.25, 0.3) is 0 Å². The number of sulfonamides is 1. The van der Waals surface area contributed by atoms with Gasteiger partial charge >= 0.3 is 0 Å². The molecule has 9 heteroatoms. The van der Waals surface area contributed by atoms with Crippen molar-refractivity contribution in [3.05, 3.63) is 64.1 Å². The molecule has 0 aliphatic carbocycles. The highest BCUT2D eigenvalue weighted by molar-refractivity contribution is 9.10. The summed E-state index contributed by atoms with van der Waals surface area (Å²) in [6.07, 6.45) is 2.24. The average molecular weight is 539 g/mol. The van der Waals surface area contributed by atoms with Gasteiger partial charge in [-0.05, 0) is 53.4 Å². The van der Waals surface area contributed by atoms with Crippen molar-refractivity contribution in [3.63, 3.8) is 0 Å². The smallest absolute Gasteiger partial charge is 0.244 e. The molecule has 0 fully saturated rings.